The van der Waals surface area contributed by atoms with Crippen molar-refractivity contribution in [3.63, 3.8) is 0 Å². The second-order valence-corrected chi connectivity index (χ2v) is 9.62. The molecule has 0 aromatic carbocycles. The number of carbonyl (C=O) groups is 1. The lowest BCUT2D eigenvalue weighted by molar-refractivity contribution is -0.116. The lowest BCUT2D eigenvalue weighted by Gasteiger charge is -2.57. The predicted octanol–water partition coefficient (Wildman–Crippen LogP) is 4.90. The van der Waals surface area contributed by atoms with Gasteiger partial charge in [0, 0.05) is 6.42 Å². The number of carbonyl (C=O) groups excluding carboxylic acids is 1. The van der Waals surface area contributed by atoms with Gasteiger partial charge >= 0.3 is 0 Å². The molecule has 128 valence electrons. The van der Waals surface area contributed by atoms with Gasteiger partial charge in [-0.05, 0) is 91.9 Å². The van der Waals surface area contributed by atoms with E-state index in [2.05, 4.69) is 19.9 Å². The van der Waals surface area contributed by atoms with Gasteiger partial charge in [0.05, 0.1) is 11.5 Å². The van der Waals surface area contributed by atoms with Crippen LogP contribution in [0.15, 0.2) is 11.6 Å². The Morgan fingerprint density at radius 3 is 2.79 bits per heavy atom. The summed E-state index contributed by atoms with van der Waals surface area (Å²) in [6.07, 6.45) is 11.2. The normalized spacial score (nSPS) is 54.7. The highest BCUT2D eigenvalue weighted by molar-refractivity contribution is 5.91. The third-order valence-corrected chi connectivity index (χ3v) is 9.26. The summed E-state index contributed by atoms with van der Waals surface area (Å²) in [4.78, 5) is 11.8. The standard InChI is InChI=1S/C22H29NO/c1-3-22(12-23)19-11-18(19)20-17-6-4-13-10-14(24)5-7-15(13)16(17)8-9-21(20,22)2/h10,15-20H,3-9,11H2,1-2H3/t15-,16+,17+,18?,19?,20+,21-,22-/m0/s1. The minimum Gasteiger partial charge on any atom is -0.295 e. The van der Waals surface area contributed by atoms with Crippen molar-refractivity contribution in [1.29, 1.82) is 5.26 Å². The number of nitriles is 1. The first kappa shape index (κ1) is 15.2. The van der Waals surface area contributed by atoms with Gasteiger partial charge in [0.2, 0.25) is 0 Å². The summed E-state index contributed by atoms with van der Waals surface area (Å²) in [5.41, 5.74) is 1.67. The molecule has 2 heteroatoms. The summed E-state index contributed by atoms with van der Waals surface area (Å²) in [5, 5.41) is 10.1. The first-order valence-corrected chi connectivity index (χ1v) is 10.2. The Kier molecular flexibility index (Phi) is 3.00. The zero-order valence-electron chi connectivity index (χ0n) is 15.1. The van der Waals surface area contributed by atoms with Crippen molar-refractivity contribution in [2.45, 2.75) is 65.2 Å². The van der Waals surface area contributed by atoms with Crippen molar-refractivity contribution in [3.05, 3.63) is 11.6 Å². The van der Waals surface area contributed by atoms with E-state index in [0.717, 1.165) is 49.4 Å². The molecule has 8 atom stereocenters. The smallest absolute Gasteiger partial charge is 0.155 e. The second-order valence-electron chi connectivity index (χ2n) is 9.62. The van der Waals surface area contributed by atoms with Crippen molar-refractivity contribution in [2.24, 2.45) is 46.3 Å². The molecule has 2 nitrogen and oxygen atoms in total. The van der Waals surface area contributed by atoms with Crippen LogP contribution in [-0.2, 0) is 4.79 Å². The molecular weight excluding hydrogens is 294 g/mol. The average molecular weight is 323 g/mol. The zero-order chi connectivity index (χ0) is 16.7. The lowest BCUT2D eigenvalue weighted by Crippen LogP contribution is -2.51. The number of hydrogen-bond acceptors (Lipinski definition) is 2. The van der Waals surface area contributed by atoms with Crippen LogP contribution >= 0.6 is 0 Å². The lowest BCUT2D eigenvalue weighted by atomic mass is 9.47. The number of allylic oxidation sites excluding steroid dienone is 1. The first-order valence-electron chi connectivity index (χ1n) is 10.2. The SMILES string of the molecule is CC[C@]1(C#N)C2CC2[C@H]2[C@@H]3CCC4=CC(=O)CC[C@@H]4[C@H]3CC[C@@]21C. The van der Waals surface area contributed by atoms with Gasteiger partial charge in [-0.1, -0.05) is 19.4 Å². The third kappa shape index (κ3) is 1.60. The van der Waals surface area contributed by atoms with Crippen LogP contribution < -0.4 is 0 Å². The minimum absolute atomic E-state index is 0.0497. The van der Waals surface area contributed by atoms with E-state index < -0.39 is 0 Å². The molecule has 5 aliphatic carbocycles. The Labute approximate surface area is 145 Å². The fourth-order valence-electron chi connectivity index (χ4n) is 8.30. The van der Waals surface area contributed by atoms with Crippen molar-refractivity contribution in [2.75, 3.05) is 0 Å². The average Bonchev–Trinajstić information content (AvgIpc) is 3.32. The van der Waals surface area contributed by atoms with Crippen molar-refractivity contribution < 1.29 is 4.79 Å². The van der Waals surface area contributed by atoms with E-state index in [4.69, 9.17) is 0 Å². The van der Waals surface area contributed by atoms with Crippen LogP contribution in [0.3, 0.4) is 0 Å². The molecule has 4 fully saturated rings. The van der Waals surface area contributed by atoms with E-state index >= 15 is 0 Å². The molecule has 4 saturated carbocycles. The molecule has 0 spiro atoms. The van der Waals surface area contributed by atoms with Gasteiger partial charge in [-0.3, -0.25) is 4.79 Å². The number of rotatable bonds is 1. The Balaban J connectivity index is 1.52. The van der Waals surface area contributed by atoms with Gasteiger partial charge in [0.1, 0.15) is 0 Å². The number of hydrogen-bond donors (Lipinski definition) is 0. The maximum Gasteiger partial charge on any atom is 0.155 e. The number of ketones is 1. The molecule has 0 saturated heterocycles. The summed E-state index contributed by atoms with van der Waals surface area (Å²) in [6, 6.07) is 2.86. The fraction of sp³-hybridized carbons (Fsp3) is 0.818. The molecule has 24 heavy (non-hydrogen) atoms. The van der Waals surface area contributed by atoms with Crippen molar-refractivity contribution >= 4 is 5.78 Å². The molecule has 0 aromatic rings. The molecule has 0 aliphatic heterocycles. The van der Waals surface area contributed by atoms with E-state index in [9.17, 15) is 10.1 Å². The van der Waals surface area contributed by atoms with Gasteiger partial charge in [-0.2, -0.15) is 5.26 Å². The zero-order valence-corrected chi connectivity index (χ0v) is 15.1. The Morgan fingerprint density at radius 1 is 1.21 bits per heavy atom. The first-order chi connectivity index (χ1) is 11.6. The van der Waals surface area contributed by atoms with E-state index in [1.807, 2.05) is 6.08 Å². The molecule has 2 unspecified atom stereocenters. The molecular formula is C22H29NO. The van der Waals surface area contributed by atoms with Gasteiger partial charge in [-0.15, -0.1) is 0 Å². The van der Waals surface area contributed by atoms with Crippen LogP contribution in [0, 0.1) is 57.7 Å². The van der Waals surface area contributed by atoms with E-state index in [1.54, 1.807) is 0 Å². The van der Waals surface area contributed by atoms with Crippen molar-refractivity contribution in [1.82, 2.24) is 0 Å². The molecule has 0 radical (unpaired) electrons. The second kappa shape index (κ2) is 4.75. The van der Waals surface area contributed by atoms with E-state index in [0.29, 0.717) is 17.6 Å². The Hall–Kier alpha value is -1.10. The number of fused-ring (bicyclic) bond motifs is 7. The van der Waals surface area contributed by atoms with Gasteiger partial charge in [-0.25, -0.2) is 0 Å². The third-order valence-electron chi connectivity index (χ3n) is 9.26. The van der Waals surface area contributed by atoms with Crippen molar-refractivity contribution in [3.8, 4) is 6.07 Å². The van der Waals surface area contributed by atoms with Crippen LogP contribution in [0.1, 0.15) is 65.2 Å². The van der Waals surface area contributed by atoms with E-state index in [-0.39, 0.29) is 10.8 Å². The molecule has 0 N–H and O–H groups in total. The van der Waals surface area contributed by atoms with Gasteiger partial charge in [0.15, 0.2) is 5.78 Å². The maximum atomic E-state index is 11.8. The molecule has 5 rings (SSSR count). The van der Waals surface area contributed by atoms with Gasteiger partial charge < -0.3 is 0 Å². The Bertz CT molecular complexity index is 672. The summed E-state index contributed by atoms with van der Waals surface area (Å²) in [6.45, 7) is 4.73. The fourth-order valence-corrected chi connectivity index (χ4v) is 8.30. The highest BCUT2D eigenvalue weighted by Gasteiger charge is 2.75. The monoisotopic (exact) mass is 323 g/mol. The molecule has 0 bridgehead atoms. The van der Waals surface area contributed by atoms with Crippen LogP contribution in [-0.4, -0.2) is 5.78 Å². The minimum atomic E-state index is -0.0497. The predicted molar refractivity (Wildman–Crippen MR) is 92.8 cm³/mol. The number of nitrogens with zero attached hydrogens (tertiary/aromatic N) is 1. The highest BCUT2D eigenvalue weighted by atomic mass is 16.1. The molecule has 0 aromatic heterocycles. The van der Waals surface area contributed by atoms with Crippen LogP contribution in [0.5, 0.6) is 0 Å². The summed E-state index contributed by atoms with van der Waals surface area (Å²) < 4.78 is 0. The maximum absolute atomic E-state index is 11.8. The highest BCUT2D eigenvalue weighted by Crippen LogP contribution is 2.79. The summed E-state index contributed by atoms with van der Waals surface area (Å²) in [7, 11) is 0. The summed E-state index contributed by atoms with van der Waals surface area (Å²) >= 11 is 0. The largest absolute Gasteiger partial charge is 0.295 e. The van der Waals surface area contributed by atoms with E-state index in [1.165, 1.54) is 31.3 Å². The molecule has 5 aliphatic rings. The van der Waals surface area contributed by atoms with Crippen LogP contribution in [0.25, 0.3) is 0 Å². The molecule has 0 amide bonds. The van der Waals surface area contributed by atoms with Crippen LogP contribution in [0.2, 0.25) is 0 Å². The quantitative estimate of drug-likeness (QED) is 0.688. The van der Waals surface area contributed by atoms with Gasteiger partial charge in [0.25, 0.3) is 0 Å². The topological polar surface area (TPSA) is 40.9 Å². The van der Waals surface area contributed by atoms with Crippen LogP contribution in [0.4, 0.5) is 0 Å². The molecule has 0 heterocycles. The summed E-state index contributed by atoms with van der Waals surface area (Å²) in [5.74, 6) is 4.95. The Morgan fingerprint density at radius 2 is 2.04 bits per heavy atom.